The van der Waals surface area contributed by atoms with E-state index in [4.69, 9.17) is 0 Å². The van der Waals surface area contributed by atoms with Gasteiger partial charge in [0, 0.05) is 50.6 Å². The van der Waals surface area contributed by atoms with Crippen LogP contribution in [0.3, 0.4) is 0 Å². The highest BCUT2D eigenvalue weighted by Crippen LogP contribution is 2.26. The van der Waals surface area contributed by atoms with Crippen LogP contribution in [-0.2, 0) is 11.2 Å². The number of carbonyl (C=O) groups excluding carboxylic acids is 1. The first-order chi connectivity index (χ1) is 14.1. The van der Waals surface area contributed by atoms with Crippen molar-refractivity contribution in [3.8, 4) is 0 Å². The highest BCUT2D eigenvalue weighted by atomic mass is 16.2. The van der Waals surface area contributed by atoms with Gasteiger partial charge in [0.1, 0.15) is 0 Å². The van der Waals surface area contributed by atoms with Crippen LogP contribution in [0, 0.1) is 12.8 Å². The molecule has 29 heavy (non-hydrogen) atoms. The zero-order valence-corrected chi connectivity index (χ0v) is 17.8. The van der Waals surface area contributed by atoms with Gasteiger partial charge < -0.3 is 14.7 Å². The molecule has 4 heteroatoms. The van der Waals surface area contributed by atoms with E-state index in [1.807, 2.05) is 17.0 Å². The summed E-state index contributed by atoms with van der Waals surface area (Å²) in [5.41, 5.74) is 4.93. The second-order valence-corrected chi connectivity index (χ2v) is 8.72. The Morgan fingerprint density at radius 1 is 0.862 bits per heavy atom. The Balaban J connectivity index is 1.29. The number of amides is 1. The quantitative estimate of drug-likeness (QED) is 0.784. The van der Waals surface area contributed by atoms with E-state index in [2.05, 4.69) is 60.0 Å². The van der Waals surface area contributed by atoms with Crippen LogP contribution >= 0.6 is 0 Å². The lowest BCUT2D eigenvalue weighted by molar-refractivity contribution is -0.130. The van der Waals surface area contributed by atoms with Gasteiger partial charge in [0.05, 0.1) is 6.42 Å². The van der Waals surface area contributed by atoms with Crippen LogP contribution in [0.2, 0.25) is 0 Å². The summed E-state index contributed by atoms with van der Waals surface area (Å²) in [6.45, 7) is 10.2. The van der Waals surface area contributed by atoms with Crippen LogP contribution < -0.4 is 9.80 Å². The van der Waals surface area contributed by atoms with E-state index < -0.39 is 0 Å². The van der Waals surface area contributed by atoms with Crippen molar-refractivity contribution in [2.24, 2.45) is 5.92 Å². The molecule has 4 rings (SSSR count). The SMILES string of the molecule is Cc1cccc(CC(=O)N2CCN(c3ccc(N4CCC(C)CC4)cc3)CC2)c1. The van der Waals surface area contributed by atoms with E-state index in [0.29, 0.717) is 6.42 Å². The summed E-state index contributed by atoms with van der Waals surface area (Å²) in [7, 11) is 0. The van der Waals surface area contributed by atoms with Gasteiger partial charge in [0.15, 0.2) is 0 Å². The average Bonchev–Trinajstić information content (AvgIpc) is 2.75. The molecule has 4 nitrogen and oxygen atoms in total. The molecule has 0 aromatic heterocycles. The van der Waals surface area contributed by atoms with Crippen LogP contribution in [0.4, 0.5) is 11.4 Å². The Labute approximate surface area is 175 Å². The summed E-state index contributed by atoms with van der Waals surface area (Å²) < 4.78 is 0. The van der Waals surface area contributed by atoms with E-state index in [-0.39, 0.29) is 5.91 Å². The first-order valence-corrected chi connectivity index (χ1v) is 11.0. The molecular weight excluding hydrogens is 358 g/mol. The molecular formula is C25H33N3O. The number of anilines is 2. The van der Waals surface area contributed by atoms with E-state index >= 15 is 0 Å². The Bertz CT molecular complexity index is 816. The molecule has 2 saturated heterocycles. The van der Waals surface area contributed by atoms with Crippen LogP contribution in [0.15, 0.2) is 48.5 Å². The van der Waals surface area contributed by atoms with Gasteiger partial charge in [0.25, 0.3) is 0 Å². The molecule has 0 N–H and O–H groups in total. The number of piperidine rings is 1. The molecule has 1 amide bonds. The molecule has 0 bridgehead atoms. The van der Waals surface area contributed by atoms with Crippen molar-refractivity contribution < 1.29 is 4.79 Å². The average molecular weight is 392 g/mol. The lowest BCUT2D eigenvalue weighted by atomic mass is 9.99. The van der Waals surface area contributed by atoms with Crippen LogP contribution in [0.5, 0.6) is 0 Å². The van der Waals surface area contributed by atoms with Crippen molar-refractivity contribution in [3.05, 3.63) is 59.7 Å². The van der Waals surface area contributed by atoms with E-state index in [0.717, 1.165) is 37.7 Å². The fourth-order valence-electron chi connectivity index (χ4n) is 4.46. The zero-order valence-electron chi connectivity index (χ0n) is 17.8. The van der Waals surface area contributed by atoms with Gasteiger partial charge in [-0.1, -0.05) is 36.8 Å². The molecule has 2 aromatic rings. The summed E-state index contributed by atoms with van der Waals surface area (Å²) in [6.07, 6.45) is 3.09. The minimum Gasteiger partial charge on any atom is -0.372 e. The van der Waals surface area contributed by atoms with Gasteiger partial charge in [-0.3, -0.25) is 4.79 Å². The third-order valence-electron chi connectivity index (χ3n) is 6.43. The van der Waals surface area contributed by atoms with Crippen molar-refractivity contribution in [1.29, 1.82) is 0 Å². The predicted molar refractivity (Wildman–Crippen MR) is 121 cm³/mol. The number of hydrogen-bond acceptors (Lipinski definition) is 3. The molecule has 154 valence electrons. The normalized spacial score (nSPS) is 18.2. The molecule has 0 radical (unpaired) electrons. The maximum Gasteiger partial charge on any atom is 0.227 e. The van der Waals surface area contributed by atoms with Crippen LogP contribution in [0.1, 0.15) is 30.9 Å². The van der Waals surface area contributed by atoms with E-state index in [1.54, 1.807) is 0 Å². The molecule has 2 aliphatic rings. The summed E-state index contributed by atoms with van der Waals surface area (Å²) in [5, 5.41) is 0. The van der Waals surface area contributed by atoms with E-state index in [9.17, 15) is 4.79 Å². The Kier molecular flexibility index (Phi) is 6.08. The Morgan fingerprint density at radius 3 is 2.03 bits per heavy atom. The molecule has 0 unspecified atom stereocenters. The summed E-state index contributed by atoms with van der Waals surface area (Å²) >= 11 is 0. The monoisotopic (exact) mass is 391 g/mol. The lowest BCUT2D eigenvalue weighted by Gasteiger charge is -2.37. The third-order valence-corrected chi connectivity index (χ3v) is 6.43. The molecule has 2 fully saturated rings. The Morgan fingerprint density at radius 2 is 1.45 bits per heavy atom. The van der Waals surface area contributed by atoms with Gasteiger partial charge in [-0.05, 0) is 55.5 Å². The van der Waals surface area contributed by atoms with Crippen molar-refractivity contribution in [3.63, 3.8) is 0 Å². The van der Waals surface area contributed by atoms with Gasteiger partial charge in [-0.25, -0.2) is 0 Å². The molecule has 0 atom stereocenters. The number of rotatable bonds is 4. The number of benzene rings is 2. The van der Waals surface area contributed by atoms with Gasteiger partial charge in [0.2, 0.25) is 5.91 Å². The second-order valence-electron chi connectivity index (χ2n) is 8.72. The fourth-order valence-corrected chi connectivity index (χ4v) is 4.46. The summed E-state index contributed by atoms with van der Waals surface area (Å²) in [5.74, 6) is 1.10. The maximum atomic E-state index is 12.7. The molecule has 2 aliphatic heterocycles. The minimum atomic E-state index is 0.241. The van der Waals surface area contributed by atoms with E-state index in [1.165, 1.54) is 42.9 Å². The summed E-state index contributed by atoms with van der Waals surface area (Å²) in [6, 6.07) is 17.3. The van der Waals surface area contributed by atoms with Gasteiger partial charge in [-0.2, -0.15) is 0 Å². The molecule has 0 spiro atoms. The third kappa shape index (κ3) is 4.92. The minimum absolute atomic E-state index is 0.241. The highest BCUT2D eigenvalue weighted by Gasteiger charge is 2.22. The number of carbonyl (C=O) groups is 1. The topological polar surface area (TPSA) is 26.8 Å². The first-order valence-electron chi connectivity index (χ1n) is 11.0. The molecule has 0 saturated carbocycles. The smallest absolute Gasteiger partial charge is 0.227 e. The Hall–Kier alpha value is -2.49. The van der Waals surface area contributed by atoms with Crippen molar-refractivity contribution in [1.82, 2.24) is 4.90 Å². The highest BCUT2D eigenvalue weighted by molar-refractivity contribution is 5.79. The fraction of sp³-hybridized carbons (Fsp3) is 0.480. The lowest BCUT2D eigenvalue weighted by Crippen LogP contribution is -2.49. The predicted octanol–water partition coefficient (Wildman–Crippen LogP) is 4.12. The van der Waals surface area contributed by atoms with Crippen LogP contribution in [-0.4, -0.2) is 50.1 Å². The largest absolute Gasteiger partial charge is 0.372 e. The first kappa shape index (κ1) is 19.8. The standard InChI is InChI=1S/C25H33N3O/c1-20-10-12-26(13-11-20)23-6-8-24(9-7-23)27-14-16-28(17-15-27)25(29)19-22-5-3-4-21(2)18-22/h3-9,18,20H,10-17,19H2,1-2H3. The number of aryl methyl sites for hydroxylation is 1. The van der Waals surface area contributed by atoms with Gasteiger partial charge in [-0.15, -0.1) is 0 Å². The molecule has 2 heterocycles. The van der Waals surface area contributed by atoms with Crippen molar-refractivity contribution >= 4 is 17.3 Å². The molecule has 2 aromatic carbocycles. The number of piperazine rings is 1. The van der Waals surface area contributed by atoms with Crippen LogP contribution in [0.25, 0.3) is 0 Å². The van der Waals surface area contributed by atoms with Gasteiger partial charge >= 0.3 is 0 Å². The number of nitrogens with zero attached hydrogens (tertiary/aromatic N) is 3. The number of hydrogen-bond donors (Lipinski definition) is 0. The van der Waals surface area contributed by atoms with Crippen molar-refractivity contribution in [2.75, 3.05) is 49.1 Å². The second kappa shape index (κ2) is 8.89. The molecule has 0 aliphatic carbocycles. The maximum absolute atomic E-state index is 12.7. The summed E-state index contributed by atoms with van der Waals surface area (Å²) in [4.78, 5) is 19.6. The van der Waals surface area contributed by atoms with Crippen molar-refractivity contribution in [2.45, 2.75) is 33.1 Å². The zero-order chi connectivity index (χ0) is 20.2.